The fourth-order valence-electron chi connectivity index (χ4n) is 2.71. The fraction of sp³-hybridized carbons (Fsp3) is 0.429. The van der Waals surface area contributed by atoms with Crippen LogP contribution in [-0.2, 0) is 26.2 Å². The highest BCUT2D eigenvalue weighted by Crippen LogP contribution is 2.36. The van der Waals surface area contributed by atoms with Gasteiger partial charge in [-0.25, -0.2) is 0 Å². The predicted octanol–water partition coefficient (Wildman–Crippen LogP) is 0.349. The van der Waals surface area contributed by atoms with Crippen molar-refractivity contribution >= 4 is 17.5 Å². The predicted molar refractivity (Wildman–Crippen MR) is 69.9 cm³/mol. The summed E-state index contributed by atoms with van der Waals surface area (Å²) in [5, 5.41) is 0. The van der Waals surface area contributed by atoms with Gasteiger partial charge in [-0.3, -0.25) is 9.59 Å². The third kappa shape index (κ3) is 1.65. The molecule has 2 amide bonds. The van der Waals surface area contributed by atoms with Crippen molar-refractivity contribution in [3.05, 3.63) is 29.3 Å². The van der Waals surface area contributed by atoms with Crippen molar-refractivity contribution in [3.63, 3.8) is 0 Å². The summed E-state index contributed by atoms with van der Waals surface area (Å²) in [6.45, 7) is 0.686. The van der Waals surface area contributed by atoms with Crippen LogP contribution in [0.3, 0.4) is 0 Å². The minimum atomic E-state index is -0.685. The first kappa shape index (κ1) is 12.2. The Morgan fingerprint density at radius 3 is 2.68 bits per heavy atom. The Morgan fingerprint density at radius 1 is 1.37 bits per heavy atom. The number of anilines is 1. The van der Waals surface area contributed by atoms with Gasteiger partial charge in [0.05, 0.1) is 13.2 Å². The van der Waals surface area contributed by atoms with Gasteiger partial charge in [0.25, 0.3) is 0 Å². The van der Waals surface area contributed by atoms with Gasteiger partial charge in [0.2, 0.25) is 11.8 Å². The van der Waals surface area contributed by atoms with Crippen molar-refractivity contribution in [2.75, 3.05) is 25.2 Å². The molecule has 5 nitrogen and oxygen atoms in total. The minimum Gasteiger partial charge on any atom is -0.378 e. The first-order valence-corrected chi connectivity index (χ1v) is 6.32. The number of ether oxygens (including phenoxy) is 1. The quantitative estimate of drug-likeness (QED) is 0.834. The summed E-state index contributed by atoms with van der Waals surface area (Å²) in [5.41, 5.74) is 7.72. The average Bonchev–Trinajstić information content (AvgIpc) is 2.32. The summed E-state index contributed by atoms with van der Waals surface area (Å²) < 4.78 is 5.17. The number of carbonyl (C=O) groups excluding carboxylic acids is 2. The van der Waals surface area contributed by atoms with E-state index in [0.717, 1.165) is 16.8 Å². The second-order valence-corrected chi connectivity index (χ2v) is 5.24. The maximum Gasteiger partial charge on any atom is 0.232 e. The standard InChI is InChI=1S/C14H16N2O3/c1-16-11-4-3-10(6-9(11)2-5-12(16)17)14(13(15)18)7-19-8-14/h3-4,6H,2,5,7-8H2,1H3,(H2,15,18). The number of fused-ring (bicyclic) bond motifs is 1. The van der Waals surface area contributed by atoms with Crippen LogP contribution in [0, 0.1) is 0 Å². The van der Waals surface area contributed by atoms with E-state index in [4.69, 9.17) is 10.5 Å². The topological polar surface area (TPSA) is 72.6 Å². The lowest BCUT2D eigenvalue weighted by atomic mass is 9.77. The molecule has 2 heterocycles. The molecule has 0 unspecified atom stereocenters. The molecule has 2 aliphatic heterocycles. The van der Waals surface area contributed by atoms with Crippen molar-refractivity contribution in [1.82, 2.24) is 0 Å². The first-order valence-electron chi connectivity index (χ1n) is 6.32. The smallest absolute Gasteiger partial charge is 0.232 e. The third-order valence-electron chi connectivity index (χ3n) is 4.14. The Balaban J connectivity index is 2.03. The molecule has 0 aromatic heterocycles. The molecule has 1 aromatic rings. The highest BCUT2D eigenvalue weighted by molar-refractivity contribution is 5.96. The van der Waals surface area contributed by atoms with E-state index in [2.05, 4.69) is 0 Å². The van der Waals surface area contributed by atoms with Crippen molar-refractivity contribution in [2.45, 2.75) is 18.3 Å². The Kier molecular flexibility index (Phi) is 2.60. The van der Waals surface area contributed by atoms with Crippen molar-refractivity contribution in [1.29, 1.82) is 0 Å². The zero-order valence-corrected chi connectivity index (χ0v) is 10.8. The number of hydrogen-bond donors (Lipinski definition) is 1. The van der Waals surface area contributed by atoms with Crippen molar-refractivity contribution < 1.29 is 14.3 Å². The number of hydrogen-bond acceptors (Lipinski definition) is 3. The fourth-order valence-corrected chi connectivity index (χ4v) is 2.71. The summed E-state index contributed by atoms with van der Waals surface area (Å²) in [6, 6.07) is 5.76. The lowest BCUT2D eigenvalue weighted by Crippen LogP contribution is -2.56. The van der Waals surface area contributed by atoms with E-state index in [-0.39, 0.29) is 11.8 Å². The molecule has 2 aliphatic rings. The van der Waals surface area contributed by atoms with E-state index >= 15 is 0 Å². The van der Waals surface area contributed by atoms with Crippen LogP contribution < -0.4 is 10.6 Å². The molecule has 1 fully saturated rings. The first-order chi connectivity index (χ1) is 9.04. The van der Waals surface area contributed by atoms with Gasteiger partial charge in [0.15, 0.2) is 0 Å². The lowest BCUT2D eigenvalue weighted by Gasteiger charge is -2.39. The second kappa shape index (κ2) is 4.06. The van der Waals surface area contributed by atoms with E-state index < -0.39 is 5.41 Å². The highest BCUT2D eigenvalue weighted by Gasteiger charge is 2.46. The van der Waals surface area contributed by atoms with Gasteiger partial charge in [-0.1, -0.05) is 12.1 Å². The summed E-state index contributed by atoms with van der Waals surface area (Å²) in [6.07, 6.45) is 1.22. The van der Waals surface area contributed by atoms with Crippen molar-refractivity contribution in [3.8, 4) is 0 Å². The van der Waals surface area contributed by atoms with Crippen LogP contribution in [0.5, 0.6) is 0 Å². The van der Waals surface area contributed by atoms with Crippen molar-refractivity contribution in [2.24, 2.45) is 5.73 Å². The van der Waals surface area contributed by atoms with Gasteiger partial charge in [0.1, 0.15) is 5.41 Å². The number of benzene rings is 1. The molecule has 0 radical (unpaired) electrons. The molecule has 0 aliphatic carbocycles. The molecule has 0 atom stereocenters. The van der Waals surface area contributed by atoms with Crippen LogP contribution in [0.15, 0.2) is 18.2 Å². The lowest BCUT2D eigenvalue weighted by molar-refractivity contribution is -0.141. The normalized spacial score (nSPS) is 20.7. The summed E-state index contributed by atoms with van der Waals surface area (Å²) in [7, 11) is 1.77. The maximum atomic E-state index is 11.7. The summed E-state index contributed by atoms with van der Waals surface area (Å²) in [4.78, 5) is 25.0. The molecule has 1 saturated heterocycles. The Labute approximate surface area is 111 Å². The van der Waals surface area contributed by atoms with Crippen LogP contribution in [0.25, 0.3) is 0 Å². The van der Waals surface area contributed by atoms with Gasteiger partial charge >= 0.3 is 0 Å². The average molecular weight is 260 g/mol. The Hall–Kier alpha value is -1.88. The van der Waals surface area contributed by atoms with Crippen LogP contribution >= 0.6 is 0 Å². The van der Waals surface area contributed by atoms with E-state index in [1.54, 1.807) is 11.9 Å². The van der Waals surface area contributed by atoms with Gasteiger partial charge in [0, 0.05) is 19.2 Å². The number of aryl methyl sites for hydroxylation is 1. The molecule has 0 bridgehead atoms. The molecule has 0 spiro atoms. The molecular formula is C14H16N2O3. The van der Waals surface area contributed by atoms with E-state index in [0.29, 0.717) is 26.1 Å². The second-order valence-electron chi connectivity index (χ2n) is 5.24. The van der Waals surface area contributed by atoms with E-state index in [9.17, 15) is 9.59 Å². The van der Waals surface area contributed by atoms with Crippen LogP contribution in [-0.4, -0.2) is 32.1 Å². The number of amides is 2. The largest absolute Gasteiger partial charge is 0.378 e. The minimum absolute atomic E-state index is 0.122. The molecule has 19 heavy (non-hydrogen) atoms. The van der Waals surface area contributed by atoms with Gasteiger partial charge in [-0.2, -0.15) is 0 Å². The number of primary amides is 1. The molecule has 1 aromatic carbocycles. The number of nitrogens with two attached hydrogens (primary N) is 1. The van der Waals surface area contributed by atoms with E-state index in [1.807, 2.05) is 18.2 Å². The van der Waals surface area contributed by atoms with Gasteiger partial charge in [-0.05, 0) is 23.6 Å². The molecule has 2 N–H and O–H groups in total. The Bertz CT molecular complexity index is 564. The molecule has 3 rings (SSSR count). The monoisotopic (exact) mass is 260 g/mol. The number of rotatable bonds is 2. The zero-order valence-electron chi connectivity index (χ0n) is 10.8. The van der Waals surface area contributed by atoms with Crippen LogP contribution in [0.4, 0.5) is 5.69 Å². The zero-order chi connectivity index (χ0) is 13.6. The maximum absolute atomic E-state index is 11.7. The molecule has 5 heteroatoms. The summed E-state index contributed by atoms with van der Waals surface area (Å²) in [5.74, 6) is -0.226. The molecular weight excluding hydrogens is 244 g/mol. The SMILES string of the molecule is CN1C(=O)CCc2cc(C3(C(N)=O)COC3)ccc21. The van der Waals surface area contributed by atoms with Gasteiger partial charge in [-0.15, -0.1) is 0 Å². The van der Waals surface area contributed by atoms with Crippen LogP contribution in [0.2, 0.25) is 0 Å². The molecule has 100 valence electrons. The van der Waals surface area contributed by atoms with E-state index in [1.165, 1.54) is 0 Å². The molecule has 0 saturated carbocycles. The van der Waals surface area contributed by atoms with Crippen LogP contribution in [0.1, 0.15) is 17.5 Å². The number of nitrogens with zero attached hydrogens (tertiary/aromatic N) is 1. The van der Waals surface area contributed by atoms with Gasteiger partial charge < -0.3 is 15.4 Å². The summed E-state index contributed by atoms with van der Waals surface area (Å²) >= 11 is 0. The highest BCUT2D eigenvalue weighted by atomic mass is 16.5. The Morgan fingerprint density at radius 2 is 2.11 bits per heavy atom. The third-order valence-corrected chi connectivity index (χ3v) is 4.14. The number of carbonyl (C=O) groups is 2.